The molecular formula is C12H11F2N3. The summed E-state index contributed by atoms with van der Waals surface area (Å²) in [5, 5.41) is 10.8. The highest BCUT2D eigenvalue weighted by atomic mass is 19.1. The number of halogens is 2. The van der Waals surface area contributed by atoms with Crippen molar-refractivity contribution >= 4 is 0 Å². The third-order valence-corrected chi connectivity index (χ3v) is 2.28. The van der Waals surface area contributed by atoms with E-state index in [1.54, 1.807) is 19.2 Å². The number of hydrogen-bond donors (Lipinski definition) is 1. The van der Waals surface area contributed by atoms with Crippen LogP contribution < -0.4 is 5.32 Å². The quantitative estimate of drug-likeness (QED) is 0.885. The van der Waals surface area contributed by atoms with Crippen molar-refractivity contribution in [2.45, 2.75) is 6.54 Å². The number of aromatic nitrogens is 2. The van der Waals surface area contributed by atoms with Crippen LogP contribution in [0.2, 0.25) is 0 Å². The van der Waals surface area contributed by atoms with Crippen molar-refractivity contribution < 1.29 is 8.78 Å². The highest BCUT2D eigenvalue weighted by Crippen LogP contribution is 2.20. The maximum Gasteiger partial charge on any atom is 0.135 e. The van der Waals surface area contributed by atoms with Gasteiger partial charge >= 0.3 is 0 Å². The van der Waals surface area contributed by atoms with Gasteiger partial charge in [-0.3, -0.25) is 0 Å². The molecule has 17 heavy (non-hydrogen) atoms. The summed E-state index contributed by atoms with van der Waals surface area (Å²) in [6.45, 7) is 0.596. The Balaban J connectivity index is 2.33. The van der Waals surface area contributed by atoms with Gasteiger partial charge < -0.3 is 5.32 Å². The molecule has 0 atom stereocenters. The first-order chi connectivity index (χ1) is 8.20. The summed E-state index contributed by atoms with van der Waals surface area (Å²) >= 11 is 0. The molecule has 1 N–H and O–H groups in total. The Morgan fingerprint density at radius 1 is 1.12 bits per heavy atom. The van der Waals surface area contributed by atoms with Gasteiger partial charge in [0.1, 0.15) is 11.6 Å². The normalized spacial score (nSPS) is 10.5. The Bertz CT molecular complexity index is 512. The highest BCUT2D eigenvalue weighted by Gasteiger charge is 2.08. The summed E-state index contributed by atoms with van der Waals surface area (Å²) in [6, 6.07) is 6.80. The summed E-state index contributed by atoms with van der Waals surface area (Å²) in [7, 11) is 1.80. The van der Waals surface area contributed by atoms with Crippen LogP contribution in [0.4, 0.5) is 8.78 Å². The van der Waals surface area contributed by atoms with E-state index >= 15 is 0 Å². The highest BCUT2D eigenvalue weighted by molar-refractivity contribution is 5.59. The molecule has 0 aliphatic rings. The van der Waals surface area contributed by atoms with Crippen LogP contribution in [-0.2, 0) is 6.54 Å². The minimum Gasteiger partial charge on any atom is -0.314 e. The Labute approximate surface area is 97.5 Å². The van der Waals surface area contributed by atoms with Crippen molar-refractivity contribution in [2.75, 3.05) is 7.05 Å². The van der Waals surface area contributed by atoms with Gasteiger partial charge in [0.2, 0.25) is 0 Å². The van der Waals surface area contributed by atoms with Crippen LogP contribution in [0, 0.1) is 11.6 Å². The molecule has 0 spiro atoms. The number of benzene rings is 1. The lowest BCUT2D eigenvalue weighted by Gasteiger charge is -2.03. The number of rotatable bonds is 3. The smallest absolute Gasteiger partial charge is 0.135 e. The maximum absolute atomic E-state index is 13.5. The summed E-state index contributed by atoms with van der Waals surface area (Å²) in [5.74, 6) is -1.24. The Morgan fingerprint density at radius 3 is 2.53 bits per heavy atom. The average Bonchev–Trinajstić information content (AvgIpc) is 2.31. The predicted molar refractivity (Wildman–Crippen MR) is 60.1 cm³/mol. The summed E-state index contributed by atoms with van der Waals surface area (Å²) in [5.41, 5.74) is 1.40. The first-order valence-corrected chi connectivity index (χ1v) is 5.13. The predicted octanol–water partition coefficient (Wildman–Crippen LogP) is 2.14. The molecule has 0 amide bonds. The topological polar surface area (TPSA) is 37.8 Å². The van der Waals surface area contributed by atoms with Gasteiger partial charge in [-0.05, 0) is 31.3 Å². The van der Waals surface area contributed by atoms with Crippen LogP contribution in [0.25, 0.3) is 11.3 Å². The molecule has 3 nitrogen and oxygen atoms in total. The van der Waals surface area contributed by atoms with Crippen LogP contribution in [0.5, 0.6) is 0 Å². The van der Waals surface area contributed by atoms with Crippen molar-refractivity contribution in [3.05, 3.63) is 47.7 Å². The van der Waals surface area contributed by atoms with Crippen molar-refractivity contribution in [3.8, 4) is 11.3 Å². The molecule has 0 aliphatic carbocycles. The lowest BCUT2D eigenvalue weighted by molar-refractivity contribution is 0.585. The molecular weight excluding hydrogens is 224 g/mol. The molecule has 0 saturated carbocycles. The zero-order valence-electron chi connectivity index (χ0n) is 9.24. The Hall–Kier alpha value is -1.88. The maximum atomic E-state index is 13.5. The van der Waals surface area contributed by atoms with E-state index in [-0.39, 0.29) is 5.56 Å². The van der Waals surface area contributed by atoms with Crippen LogP contribution in [0.15, 0.2) is 30.3 Å². The van der Waals surface area contributed by atoms with Crippen molar-refractivity contribution in [2.24, 2.45) is 0 Å². The van der Waals surface area contributed by atoms with E-state index in [0.29, 0.717) is 12.2 Å². The minimum atomic E-state index is -0.638. The Morgan fingerprint density at radius 2 is 1.94 bits per heavy atom. The molecule has 0 bridgehead atoms. The molecule has 1 aromatic heterocycles. The molecule has 0 radical (unpaired) electrons. The van der Waals surface area contributed by atoms with Gasteiger partial charge in [0, 0.05) is 18.2 Å². The van der Waals surface area contributed by atoms with Gasteiger partial charge in [-0.25, -0.2) is 8.78 Å². The van der Waals surface area contributed by atoms with Gasteiger partial charge in [0.15, 0.2) is 0 Å². The first-order valence-electron chi connectivity index (χ1n) is 5.13. The molecule has 0 fully saturated rings. The van der Waals surface area contributed by atoms with E-state index in [1.807, 2.05) is 0 Å². The molecule has 1 heterocycles. The zero-order chi connectivity index (χ0) is 12.3. The third-order valence-electron chi connectivity index (χ3n) is 2.28. The van der Waals surface area contributed by atoms with Gasteiger partial charge in [0.25, 0.3) is 0 Å². The number of nitrogens with one attached hydrogen (secondary N) is 1. The number of hydrogen-bond acceptors (Lipinski definition) is 3. The first kappa shape index (κ1) is 11.6. The van der Waals surface area contributed by atoms with E-state index in [9.17, 15) is 8.78 Å². The fourth-order valence-electron chi connectivity index (χ4n) is 1.48. The van der Waals surface area contributed by atoms with Crippen molar-refractivity contribution in [3.63, 3.8) is 0 Å². The van der Waals surface area contributed by atoms with E-state index in [0.717, 1.165) is 11.8 Å². The van der Waals surface area contributed by atoms with Gasteiger partial charge in [0.05, 0.1) is 11.4 Å². The number of nitrogens with zero attached hydrogens (tertiary/aromatic N) is 2. The fourth-order valence-corrected chi connectivity index (χ4v) is 1.48. The monoisotopic (exact) mass is 235 g/mol. The van der Waals surface area contributed by atoms with E-state index in [1.165, 1.54) is 12.1 Å². The minimum absolute atomic E-state index is 0.245. The fraction of sp³-hybridized carbons (Fsp3) is 0.167. The van der Waals surface area contributed by atoms with Crippen LogP contribution in [0.3, 0.4) is 0 Å². The SMILES string of the molecule is CNCc1ccc(-c2ccc(F)cc2F)nn1. The molecule has 0 unspecified atom stereocenters. The zero-order valence-corrected chi connectivity index (χ0v) is 9.24. The standard InChI is InChI=1S/C12H11F2N3/c1-15-7-9-3-5-12(17-16-9)10-4-2-8(13)6-11(10)14/h2-6,15H,7H2,1H3. The molecule has 0 aliphatic heterocycles. The molecule has 5 heteroatoms. The van der Waals surface area contributed by atoms with Gasteiger partial charge in [-0.15, -0.1) is 0 Å². The average molecular weight is 235 g/mol. The lowest BCUT2D eigenvalue weighted by Crippen LogP contribution is -2.07. The molecule has 2 rings (SSSR count). The molecule has 2 aromatic rings. The summed E-state index contributed by atoms with van der Waals surface area (Å²) < 4.78 is 26.2. The van der Waals surface area contributed by atoms with Gasteiger partial charge in [-0.1, -0.05) is 0 Å². The van der Waals surface area contributed by atoms with Crippen molar-refractivity contribution in [1.29, 1.82) is 0 Å². The van der Waals surface area contributed by atoms with E-state index in [4.69, 9.17) is 0 Å². The van der Waals surface area contributed by atoms with Crippen LogP contribution in [-0.4, -0.2) is 17.2 Å². The van der Waals surface area contributed by atoms with Crippen LogP contribution >= 0.6 is 0 Å². The molecule has 88 valence electrons. The van der Waals surface area contributed by atoms with Crippen molar-refractivity contribution in [1.82, 2.24) is 15.5 Å². The second-order valence-electron chi connectivity index (χ2n) is 3.56. The summed E-state index contributed by atoms with van der Waals surface area (Å²) in [4.78, 5) is 0. The molecule has 0 saturated heterocycles. The second-order valence-corrected chi connectivity index (χ2v) is 3.56. The van der Waals surface area contributed by atoms with E-state index in [2.05, 4.69) is 15.5 Å². The largest absolute Gasteiger partial charge is 0.314 e. The lowest BCUT2D eigenvalue weighted by atomic mass is 10.1. The Kier molecular flexibility index (Phi) is 3.39. The third kappa shape index (κ3) is 2.62. The molecule has 1 aromatic carbocycles. The van der Waals surface area contributed by atoms with Crippen LogP contribution in [0.1, 0.15) is 5.69 Å². The summed E-state index contributed by atoms with van der Waals surface area (Å²) in [6.07, 6.45) is 0. The van der Waals surface area contributed by atoms with E-state index < -0.39 is 11.6 Å². The van der Waals surface area contributed by atoms with Gasteiger partial charge in [-0.2, -0.15) is 10.2 Å². The second kappa shape index (κ2) is 4.97.